The number of carbonyl (C=O) groups excluding carboxylic acids is 1. The Morgan fingerprint density at radius 1 is 1.57 bits per heavy atom. The summed E-state index contributed by atoms with van der Waals surface area (Å²) < 4.78 is 0. The van der Waals surface area contributed by atoms with Crippen LogP contribution in [0.5, 0.6) is 0 Å². The summed E-state index contributed by atoms with van der Waals surface area (Å²) in [7, 11) is 3.56. The molecule has 1 aliphatic heterocycles. The molecule has 3 N–H and O–H groups in total. The molecule has 5 heteroatoms. The van der Waals surface area contributed by atoms with Gasteiger partial charge in [-0.1, -0.05) is 0 Å². The topological polar surface area (TPSA) is 61.6 Å². The Morgan fingerprint density at radius 3 is 2.71 bits per heavy atom. The first-order valence-electron chi connectivity index (χ1n) is 5.02. The van der Waals surface area contributed by atoms with Crippen LogP contribution in [0, 0.1) is 5.92 Å². The highest BCUT2D eigenvalue weighted by Crippen LogP contribution is 2.15. The lowest BCUT2D eigenvalue weighted by Crippen LogP contribution is -2.56. The van der Waals surface area contributed by atoms with Crippen molar-refractivity contribution in [3.05, 3.63) is 0 Å². The van der Waals surface area contributed by atoms with Gasteiger partial charge in [-0.3, -0.25) is 0 Å². The molecular formula is C9H20N4O. The van der Waals surface area contributed by atoms with Crippen molar-refractivity contribution in [2.75, 3.05) is 46.8 Å². The maximum absolute atomic E-state index is 11.4. The molecule has 14 heavy (non-hydrogen) atoms. The standard InChI is InChI=1S/C9H20N4O/c1-12(2)9(14)13-6-8(7-13)5-11-4-3-10/h8,11H,3-7,10H2,1-2H3. The fourth-order valence-electron chi connectivity index (χ4n) is 1.55. The minimum atomic E-state index is 0.111. The second kappa shape index (κ2) is 5.17. The number of nitrogens with zero attached hydrogens (tertiary/aromatic N) is 2. The fraction of sp³-hybridized carbons (Fsp3) is 0.889. The van der Waals surface area contributed by atoms with E-state index in [1.807, 2.05) is 4.90 Å². The molecule has 0 bridgehead atoms. The average molecular weight is 200 g/mol. The minimum Gasteiger partial charge on any atom is -0.331 e. The van der Waals surface area contributed by atoms with E-state index in [0.29, 0.717) is 12.5 Å². The highest BCUT2D eigenvalue weighted by atomic mass is 16.2. The molecule has 1 fully saturated rings. The van der Waals surface area contributed by atoms with Crippen molar-refractivity contribution in [3.8, 4) is 0 Å². The molecular weight excluding hydrogens is 180 g/mol. The Bertz CT molecular complexity index is 189. The lowest BCUT2D eigenvalue weighted by atomic mass is 10.0. The number of carbonyl (C=O) groups is 1. The van der Waals surface area contributed by atoms with E-state index in [1.54, 1.807) is 19.0 Å². The Hall–Kier alpha value is -0.810. The molecule has 1 aliphatic rings. The number of hydrogen-bond donors (Lipinski definition) is 2. The van der Waals surface area contributed by atoms with Gasteiger partial charge in [0, 0.05) is 52.7 Å². The van der Waals surface area contributed by atoms with Crippen LogP contribution in [0.15, 0.2) is 0 Å². The molecule has 0 aromatic rings. The molecule has 2 amide bonds. The van der Waals surface area contributed by atoms with Gasteiger partial charge in [-0.25, -0.2) is 4.79 Å². The van der Waals surface area contributed by atoms with Crippen molar-refractivity contribution >= 4 is 6.03 Å². The molecule has 0 atom stereocenters. The van der Waals surface area contributed by atoms with Crippen LogP contribution in [0.1, 0.15) is 0 Å². The first-order chi connectivity index (χ1) is 6.65. The first kappa shape index (κ1) is 11.3. The SMILES string of the molecule is CN(C)C(=O)N1CC(CNCCN)C1. The van der Waals surface area contributed by atoms with Crippen LogP contribution in [-0.2, 0) is 0 Å². The molecule has 0 saturated carbocycles. The summed E-state index contributed by atoms with van der Waals surface area (Å²) in [6.45, 7) is 4.24. The van der Waals surface area contributed by atoms with E-state index in [0.717, 1.165) is 26.2 Å². The van der Waals surface area contributed by atoms with Gasteiger partial charge in [0.05, 0.1) is 0 Å². The van der Waals surface area contributed by atoms with E-state index >= 15 is 0 Å². The number of hydrogen-bond acceptors (Lipinski definition) is 3. The summed E-state index contributed by atoms with van der Waals surface area (Å²) in [5.41, 5.74) is 5.36. The van der Waals surface area contributed by atoms with E-state index < -0.39 is 0 Å². The van der Waals surface area contributed by atoms with Crippen LogP contribution >= 0.6 is 0 Å². The third-order valence-corrected chi connectivity index (χ3v) is 2.36. The van der Waals surface area contributed by atoms with Gasteiger partial charge in [-0.15, -0.1) is 0 Å². The van der Waals surface area contributed by atoms with Gasteiger partial charge in [-0.2, -0.15) is 0 Å². The summed E-state index contributed by atoms with van der Waals surface area (Å²) in [5.74, 6) is 0.602. The maximum atomic E-state index is 11.4. The molecule has 1 saturated heterocycles. The van der Waals surface area contributed by atoms with Gasteiger partial charge in [0.15, 0.2) is 0 Å². The number of nitrogens with one attached hydrogen (secondary N) is 1. The van der Waals surface area contributed by atoms with Crippen LogP contribution in [0.25, 0.3) is 0 Å². The van der Waals surface area contributed by atoms with Gasteiger partial charge in [-0.05, 0) is 0 Å². The summed E-state index contributed by atoms with van der Waals surface area (Å²) >= 11 is 0. The minimum absolute atomic E-state index is 0.111. The van der Waals surface area contributed by atoms with Gasteiger partial charge >= 0.3 is 6.03 Å². The van der Waals surface area contributed by atoms with Crippen LogP contribution < -0.4 is 11.1 Å². The van der Waals surface area contributed by atoms with Crippen molar-refractivity contribution < 1.29 is 4.79 Å². The van der Waals surface area contributed by atoms with E-state index in [4.69, 9.17) is 5.73 Å². The Morgan fingerprint density at radius 2 is 2.21 bits per heavy atom. The van der Waals surface area contributed by atoms with Crippen LogP contribution in [0.2, 0.25) is 0 Å². The van der Waals surface area contributed by atoms with Crippen molar-refractivity contribution in [2.24, 2.45) is 11.7 Å². The molecule has 1 heterocycles. The molecule has 0 spiro atoms. The highest BCUT2D eigenvalue weighted by molar-refractivity contribution is 5.74. The summed E-state index contributed by atoms with van der Waals surface area (Å²) in [6.07, 6.45) is 0. The first-order valence-corrected chi connectivity index (χ1v) is 5.02. The van der Waals surface area contributed by atoms with E-state index in [2.05, 4.69) is 5.32 Å². The number of rotatable bonds is 4. The van der Waals surface area contributed by atoms with E-state index in [1.165, 1.54) is 0 Å². The molecule has 5 nitrogen and oxygen atoms in total. The average Bonchev–Trinajstić information content (AvgIpc) is 2.08. The molecule has 0 radical (unpaired) electrons. The zero-order chi connectivity index (χ0) is 10.6. The molecule has 1 rings (SSSR count). The zero-order valence-corrected chi connectivity index (χ0v) is 8.99. The Labute approximate surface area is 85.2 Å². The van der Waals surface area contributed by atoms with Crippen LogP contribution in [0.3, 0.4) is 0 Å². The van der Waals surface area contributed by atoms with Gasteiger partial charge in [0.1, 0.15) is 0 Å². The number of urea groups is 1. The van der Waals surface area contributed by atoms with Crippen molar-refractivity contribution in [1.29, 1.82) is 0 Å². The number of likely N-dealkylation sites (tertiary alicyclic amines) is 1. The quantitative estimate of drug-likeness (QED) is 0.581. The molecule has 0 aromatic carbocycles. The van der Waals surface area contributed by atoms with Gasteiger partial charge in [0.2, 0.25) is 0 Å². The highest BCUT2D eigenvalue weighted by Gasteiger charge is 2.30. The Kier molecular flexibility index (Phi) is 4.16. The van der Waals surface area contributed by atoms with Crippen molar-refractivity contribution in [3.63, 3.8) is 0 Å². The van der Waals surface area contributed by atoms with E-state index in [9.17, 15) is 4.79 Å². The number of nitrogens with two attached hydrogens (primary N) is 1. The lowest BCUT2D eigenvalue weighted by Gasteiger charge is -2.40. The molecule has 82 valence electrons. The molecule has 0 aromatic heterocycles. The lowest BCUT2D eigenvalue weighted by molar-refractivity contribution is 0.101. The summed E-state index contributed by atoms with van der Waals surface area (Å²) in [5, 5.41) is 3.25. The van der Waals surface area contributed by atoms with Crippen molar-refractivity contribution in [1.82, 2.24) is 15.1 Å². The van der Waals surface area contributed by atoms with E-state index in [-0.39, 0.29) is 6.03 Å². The second-order valence-corrected chi connectivity index (χ2v) is 3.94. The summed E-state index contributed by atoms with van der Waals surface area (Å²) in [4.78, 5) is 14.9. The smallest absolute Gasteiger partial charge is 0.319 e. The predicted molar refractivity (Wildman–Crippen MR) is 56.1 cm³/mol. The largest absolute Gasteiger partial charge is 0.331 e. The predicted octanol–water partition coefficient (Wildman–Crippen LogP) is -0.852. The van der Waals surface area contributed by atoms with Crippen LogP contribution in [0.4, 0.5) is 4.79 Å². The Balaban J connectivity index is 2.08. The third-order valence-electron chi connectivity index (χ3n) is 2.36. The number of amides is 2. The monoisotopic (exact) mass is 200 g/mol. The third kappa shape index (κ3) is 2.85. The van der Waals surface area contributed by atoms with Crippen LogP contribution in [-0.4, -0.2) is 62.7 Å². The normalized spacial score (nSPS) is 16.6. The zero-order valence-electron chi connectivity index (χ0n) is 8.99. The van der Waals surface area contributed by atoms with Gasteiger partial charge < -0.3 is 20.9 Å². The molecule has 0 aliphatic carbocycles. The fourth-order valence-corrected chi connectivity index (χ4v) is 1.55. The van der Waals surface area contributed by atoms with Crippen molar-refractivity contribution in [2.45, 2.75) is 0 Å². The summed E-state index contributed by atoms with van der Waals surface area (Å²) in [6, 6.07) is 0.111. The second-order valence-electron chi connectivity index (χ2n) is 3.94. The van der Waals surface area contributed by atoms with Gasteiger partial charge in [0.25, 0.3) is 0 Å². The molecule has 0 unspecified atom stereocenters. The maximum Gasteiger partial charge on any atom is 0.319 e.